The molecule has 0 bridgehead atoms. The molecule has 0 fully saturated rings. The Kier molecular flexibility index (Phi) is 4.69. The van der Waals surface area contributed by atoms with Gasteiger partial charge in [0, 0.05) is 36.3 Å². The Balaban J connectivity index is 1.44. The average Bonchev–Trinajstić information content (AvgIpc) is 3.28. The molecule has 0 saturated heterocycles. The molecule has 2 aromatic heterocycles. The van der Waals surface area contributed by atoms with Crippen molar-refractivity contribution in [1.82, 2.24) is 20.1 Å². The number of benzene rings is 2. The molecular formula is C22H21FN4O. The molecule has 4 aromatic rings. The SMILES string of the molecule is Cc1cc(-c2cc(C(=O)NCCc3c[nH]c4ccccc34)nn2C)ccc1F. The number of halogens is 1. The molecule has 142 valence electrons. The molecule has 0 atom stereocenters. The van der Waals surface area contributed by atoms with E-state index in [1.807, 2.05) is 24.4 Å². The predicted octanol–water partition coefficient (Wildman–Crippen LogP) is 3.99. The summed E-state index contributed by atoms with van der Waals surface area (Å²) in [5.74, 6) is -0.471. The van der Waals surface area contributed by atoms with E-state index in [1.54, 1.807) is 36.9 Å². The van der Waals surface area contributed by atoms with Crippen molar-refractivity contribution in [2.75, 3.05) is 6.54 Å². The van der Waals surface area contributed by atoms with Crippen molar-refractivity contribution in [1.29, 1.82) is 0 Å². The number of nitrogens with one attached hydrogen (secondary N) is 2. The van der Waals surface area contributed by atoms with Crippen LogP contribution in [0, 0.1) is 12.7 Å². The van der Waals surface area contributed by atoms with E-state index in [4.69, 9.17) is 0 Å². The first-order valence-corrected chi connectivity index (χ1v) is 9.16. The lowest BCUT2D eigenvalue weighted by molar-refractivity contribution is 0.0948. The van der Waals surface area contributed by atoms with Crippen molar-refractivity contribution in [2.45, 2.75) is 13.3 Å². The summed E-state index contributed by atoms with van der Waals surface area (Å²) in [6.45, 7) is 2.23. The van der Waals surface area contributed by atoms with Gasteiger partial charge in [0.15, 0.2) is 5.69 Å². The monoisotopic (exact) mass is 376 g/mol. The van der Waals surface area contributed by atoms with Crippen molar-refractivity contribution in [2.24, 2.45) is 7.05 Å². The highest BCUT2D eigenvalue weighted by Crippen LogP contribution is 2.22. The van der Waals surface area contributed by atoms with E-state index >= 15 is 0 Å². The van der Waals surface area contributed by atoms with Gasteiger partial charge in [0.2, 0.25) is 0 Å². The molecule has 2 heterocycles. The zero-order valence-electron chi connectivity index (χ0n) is 15.8. The molecule has 0 spiro atoms. The Labute approximate surface area is 162 Å². The molecule has 2 aromatic carbocycles. The van der Waals surface area contributed by atoms with Gasteiger partial charge in [0.25, 0.3) is 5.91 Å². The molecule has 2 N–H and O–H groups in total. The fourth-order valence-electron chi connectivity index (χ4n) is 3.39. The summed E-state index contributed by atoms with van der Waals surface area (Å²) >= 11 is 0. The zero-order chi connectivity index (χ0) is 19.7. The number of aryl methyl sites for hydroxylation is 2. The fourth-order valence-corrected chi connectivity index (χ4v) is 3.39. The Morgan fingerprint density at radius 1 is 1.21 bits per heavy atom. The molecule has 6 heteroatoms. The molecule has 0 saturated carbocycles. The number of hydrogen-bond donors (Lipinski definition) is 2. The minimum Gasteiger partial charge on any atom is -0.361 e. The lowest BCUT2D eigenvalue weighted by Crippen LogP contribution is -2.26. The maximum absolute atomic E-state index is 13.5. The summed E-state index contributed by atoms with van der Waals surface area (Å²) in [4.78, 5) is 15.7. The minimum absolute atomic E-state index is 0.222. The van der Waals surface area contributed by atoms with Crippen LogP contribution in [0.25, 0.3) is 22.2 Å². The van der Waals surface area contributed by atoms with Gasteiger partial charge < -0.3 is 10.3 Å². The summed E-state index contributed by atoms with van der Waals surface area (Å²) in [6, 6.07) is 14.7. The van der Waals surface area contributed by atoms with Crippen LogP contribution in [0.5, 0.6) is 0 Å². The average molecular weight is 376 g/mol. The largest absolute Gasteiger partial charge is 0.361 e. The zero-order valence-corrected chi connectivity index (χ0v) is 15.8. The molecule has 0 aliphatic rings. The number of nitrogens with zero attached hydrogens (tertiary/aromatic N) is 2. The van der Waals surface area contributed by atoms with Crippen molar-refractivity contribution in [3.05, 3.63) is 77.4 Å². The lowest BCUT2D eigenvalue weighted by atomic mass is 10.1. The summed E-state index contributed by atoms with van der Waals surface area (Å²) < 4.78 is 15.2. The standard InChI is InChI=1S/C22H21FN4O/c1-14-11-15(7-8-18(14)23)21-12-20(26-27(21)2)22(28)24-10-9-16-13-25-19-6-4-3-5-17(16)19/h3-8,11-13,25H,9-10H2,1-2H3,(H,24,28). The topological polar surface area (TPSA) is 62.7 Å². The minimum atomic E-state index is -0.249. The first-order valence-electron chi connectivity index (χ1n) is 9.16. The highest BCUT2D eigenvalue weighted by atomic mass is 19.1. The van der Waals surface area contributed by atoms with Crippen molar-refractivity contribution < 1.29 is 9.18 Å². The molecule has 1 amide bonds. The van der Waals surface area contributed by atoms with Crippen molar-refractivity contribution in [3.8, 4) is 11.3 Å². The summed E-state index contributed by atoms with van der Waals surface area (Å²) in [7, 11) is 1.77. The van der Waals surface area contributed by atoms with Crippen LogP contribution in [-0.2, 0) is 13.5 Å². The van der Waals surface area contributed by atoms with Gasteiger partial charge in [-0.2, -0.15) is 5.10 Å². The van der Waals surface area contributed by atoms with Gasteiger partial charge in [0.05, 0.1) is 5.69 Å². The Bertz CT molecular complexity index is 1160. The van der Waals surface area contributed by atoms with Crippen molar-refractivity contribution >= 4 is 16.8 Å². The van der Waals surface area contributed by atoms with E-state index in [-0.39, 0.29) is 11.7 Å². The van der Waals surface area contributed by atoms with Crippen LogP contribution < -0.4 is 5.32 Å². The number of aromatic nitrogens is 3. The Hall–Kier alpha value is -3.41. The molecule has 28 heavy (non-hydrogen) atoms. The highest BCUT2D eigenvalue weighted by molar-refractivity contribution is 5.93. The second-order valence-electron chi connectivity index (χ2n) is 6.87. The number of para-hydroxylation sites is 1. The molecule has 5 nitrogen and oxygen atoms in total. The van der Waals surface area contributed by atoms with Gasteiger partial charge >= 0.3 is 0 Å². The molecule has 0 radical (unpaired) electrons. The maximum atomic E-state index is 13.5. The van der Waals surface area contributed by atoms with Crippen LogP contribution in [0.4, 0.5) is 4.39 Å². The van der Waals surface area contributed by atoms with E-state index in [0.29, 0.717) is 17.8 Å². The third-order valence-electron chi connectivity index (χ3n) is 4.92. The van der Waals surface area contributed by atoms with Crippen LogP contribution >= 0.6 is 0 Å². The Morgan fingerprint density at radius 3 is 2.86 bits per heavy atom. The summed E-state index contributed by atoms with van der Waals surface area (Å²) in [5.41, 5.74) is 4.76. The third-order valence-corrected chi connectivity index (χ3v) is 4.92. The number of aromatic amines is 1. The number of hydrogen-bond acceptors (Lipinski definition) is 2. The number of amides is 1. The molecule has 0 aliphatic heterocycles. The van der Waals surface area contributed by atoms with Crippen LogP contribution in [0.2, 0.25) is 0 Å². The predicted molar refractivity (Wildman–Crippen MR) is 108 cm³/mol. The normalized spacial score (nSPS) is 11.1. The molecular weight excluding hydrogens is 355 g/mol. The second kappa shape index (κ2) is 7.31. The summed E-state index contributed by atoms with van der Waals surface area (Å²) in [6.07, 6.45) is 2.71. The van der Waals surface area contributed by atoms with E-state index in [0.717, 1.165) is 23.2 Å². The van der Waals surface area contributed by atoms with Crippen molar-refractivity contribution in [3.63, 3.8) is 0 Å². The van der Waals surface area contributed by atoms with Crippen LogP contribution in [0.15, 0.2) is 54.7 Å². The molecule has 4 rings (SSSR count). The van der Waals surface area contributed by atoms with Gasteiger partial charge in [-0.3, -0.25) is 9.48 Å². The van der Waals surface area contributed by atoms with Gasteiger partial charge in [-0.1, -0.05) is 18.2 Å². The quantitative estimate of drug-likeness (QED) is 0.553. The van der Waals surface area contributed by atoms with Gasteiger partial charge in [0.1, 0.15) is 5.82 Å². The number of carbonyl (C=O) groups excluding carboxylic acids is 1. The highest BCUT2D eigenvalue weighted by Gasteiger charge is 2.14. The van der Waals surface area contributed by atoms with E-state index < -0.39 is 0 Å². The van der Waals surface area contributed by atoms with E-state index in [2.05, 4.69) is 21.5 Å². The first kappa shape index (κ1) is 18.0. The molecule has 0 aliphatic carbocycles. The van der Waals surface area contributed by atoms with Gasteiger partial charge in [-0.25, -0.2) is 4.39 Å². The number of fused-ring (bicyclic) bond motifs is 1. The van der Waals surface area contributed by atoms with Crippen LogP contribution in [-0.4, -0.2) is 27.2 Å². The van der Waals surface area contributed by atoms with E-state index in [9.17, 15) is 9.18 Å². The third kappa shape index (κ3) is 3.41. The summed E-state index contributed by atoms with van der Waals surface area (Å²) in [5, 5.41) is 8.41. The fraction of sp³-hybridized carbons (Fsp3) is 0.182. The lowest BCUT2D eigenvalue weighted by Gasteiger charge is -2.03. The van der Waals surface area contributed by atoms with Crippen LogP contribution in [0.3, 0.4) is 0 Å². The number of rotatable bonds is 5. The smallest absolute Gasteiger partial charge is 0.271 e. The number of H-pyrrole nitrogens is 1. The molecule has 0 unspecified atom stereocenters. The van der Waals surface area contributed by atoms with Gasteiger partial charge in [-0.15, -0.1) is 0 Å². The number of carbonyl (C=O) groups is 1. The van der Waals surface area contributed by atoms with Gasteiger partial charge in [-0.05, 0) is 54.8 Å². The Morgan fingerprint density at radius 2 is 2.04 bits per heavy atom. The second-order valence-corrected chi connectivity index (χ2v) is 6.87. The maximum Gasteiger partial charge on any atom is 0.271 e. The van der Waals surface area contributed by atoms with Crippen LogP contribution in [0.1, 0.15) is 21.6 Å². The first-order chi connectivity index (χ1) is 13.5. The van der Waals surface area contributed by atoms with E-state index in [1.165, 1.54) is 17.0 Å².